The maximum Gasteiger partial charge on any atom is 0.108 e. The zero-order valence-electron chi connectivity index (χ0n) is 19.0. The molecule has 3 nitrogen and oxygen atoms in total. The molecule has 2 heterocycles. The highest BCUT2D eigenvalue weighted by atomic mass is 35.5. The SMILES string of the molecule is Cc1ccc2[nH]c3c(c2c1)CC(C)OC31CCC(C(c2ccc(Cl)cc2)N(C)C)CC1. The molecule has 4 heteroatoms. The molecule has 2 aliphatic rings. The second-order valence-corrected chi connectivity index (χ2v) is 10.4. The molecular weight excluding hydrogens is 404 g/mol. The lowest BCUT2D eigenvalue weighted by atomic mass is 9.71. The molecule has 0 saturated heterocycles. The van der Waals surface area contributed by atoms with Crippen LogP contribution in [0.2, 0.25) is 5.02 Å². The van der Waals surface area contributed by atoms with Crippen LogP contribution in [0.1, 0.15) is 61.0 Å². The summed E-state index contributed by atoms with van der Waals surface area (Å²) in [6, 6.07) is 15.6. The number of nitrogens with zero attached hydrogens (tertiary/aromatic N) is 1. The van der Waals surface area contributed by atoms with Gasteiger partial charge in [-0.25, -0.2) is 0 Å². The fourth-order valence-corrected chi connectivity index (χ4v) is 6.30. The largest absolute Gasteiger partial charge is 0.365 e. The van der Waals surface area contributed by atoms with E-state index in [9.17, 15) is 0 Å². The number of halogens is 1. The predicted molar refractivity (Wildman–Crippen MR) is 129 cm³/mol. The highest BCUT2D eigenvalue weighted by Gasteiger charge is 2.46. The van der Waals surface area contributed by atoms with Gasteiger partial charge in [-0.05, 0) is 94.9 Å². The van der Waals surface area contributed by atoms with E-state index in [4.69, 9.17) is 16.3 Å². The number of hydrogen-bond donors (Lipinski definition) is 1. The number of H-pyrrole nitrogens is 1. The van der Waals surface area contributed by atoms with E-state index >= 15 is 0 Å². The van der Waals surface area contributed by atoms with E-state index in [1.54, 1.807) is 0 Å². The van der Waals surface area contributed by atoms with Gasteiger partial charge in [0.2, 0.25) is 0 Å². The highest BCUT2D eigenvalue weighted by molar-refractivity contribution is 6.30. The van der Waals surface area contributed by atoms with Crippen molar-refractivity contribution >= 4 is 22.5 Å². The van der Waals surface area contributed by atoms with Crippen molar-refractivity contribution in [2.75, 3.05) is 14.1 Å². The summed E-state index contributed by atoms with van der Waals surface area (Å²) in [4.78, 5) is 6.15. The van der Waals surface area contributed by atoms with Crippen molar-refractivity contribution in [1.29, 1.82) is 0 Å². The summed E-state index contributed by atoms with van der Waals surface area (Å²) in [5.74, 6) is 0.609. The maximum absolute atomic E-state index is 6.75. The van der Waals surface area contributed by atoms with Crippen LogP contribution in [-0.4, -0.2) is 30.1 Å². The summed E-state index contributed by atoms with van der Waals surface area (Å²) in [6.07, 6.45) is 5.70. The summed E-state index contributed by atoms with van der Waals surface area (Å²) in [5, 5.41) is 2.19. The molecule has 2 unspecified atom stereocenters. The Morgan fingerprint density at radius 3 is 2.48 bits per heavy atom. The third-order valence-corrected chi connectivity index (χ3v) is 7.74. The van der Waals surface area contributed by atoms with Gasteiger partial charge in [0.1, 0.15) is 5.60 Å². The molecule has 1 saturated carbocycles. The van der Waals surface area contributed by atoms with Gasteiger partial charge in [-0.1, -0.05) is 35.4 Å². The number of benzene rings is 2. The molecule has 31 heavy (non-hydrogen) atoms. The van der Waals surface area contributed by atoms with Crippen molar-refractivity contribution in [3.8, 4) is 0 Å². The van der Waals surface area contributed by atoms with Crippen LogP contribution in [0.4, 0.5) is 0 Å². The molecule has 1 aliphatic carbocycles. The number of rotatable bonds is 3. The number of aryl methyl sites for hydroxylation is 1. The average Bonchev–Trinajstić information content (AvgIpc) is 3.09. The standard InChI is InChI=1S/C27H33ClN2O/c1-17-5-10-24-22(15-17)23-16-18(2)31-27(26(23)29-24)13-11-20(12-14-27)25(30(3)4)19-6-8-21(28)9-7-19/h5-10,15,18,20,25,29H,11-14,16H2,1-4H3. The van der Waals surface area contributed by atoms with Gasteiger partial charge in [0.25, 0.3) is 0 Å². The molecule has 1 aliphatic heterocycles. The predicted octanol–water partition coefficient (Wildman–Crippen LogP) is 6.78. The van der Waals surface area contributed by atoms with Crippen LogP contribution in [0.5, 0.6) is 0 Å². The normalized spacial score (nSPS) is 27.0. The molecule has 1 aromatic heterocycles. The molecule has 0 bridgehead atoms. The molecule has 3 aromatic rings. The van der Waals surface area contributed by atoms with E-state index in [1.807, 2.05) is 12.1 Å². The first-order valence-corrected chi connectivity index (χ1v) is 12.0. The summed E-state index contributed by atoms with van der Waals surface area (Å²) in [6.45, 7) is 4.42. The lowest BCUT2D eigenvalue weighted by molar-refractivity contribution is -0.135. The van der Waals surface area contributed by atoms with Gasteiger partial charge in [0.05, 0.1) is 11.8 Å². The van der Waals surface area contributed by atoms with Gasteiger partial charge in [0, 0.05) is 28.4 Å². The molecule has 164 valence electrons. The number of aromatic amines is 1. The summed E-state index contributed by atoms with van der Waals surface area (Å²) < 4.78 is 6.75. The van der Waals surface area contributed by atoms with Crippen molar-refractivity contribution in [2.45, 2.75) is 63.7 Å². The van der Waals surface area contributed by atoms with Crippen molar-refractivity contribution in [3.05, 3.63) is 69.9 Å². The molecular formula is C27H33ClN2O. The third-order valence-electron chi connectivity index (χ3n) is 7.49. The van der Waals surface area contributed by atoms with Crippen LogP contribution in [0.3, 0.4) is 0 Å². The number of nitrogens with one attached hydrogen (secondary N) is 1. The zero-order valence-corrected chi connectivity index (χ0v) is 19.8. The lowest BCUT2D eigenvalue weighted by Crippen LogP contribution is -2.43. The second-order valence-electron chi connectivity index (χ2n) is 9.95. The molecule has 1 fully saturated rings. The van der Waals surface area contributed by atoms with E-state index in [-0.39, 0.29) is 11.7 Å². The maximum atomic E-state index is 6.75. The first-order valence-electron chi connectivity index (χ1n) is 11.6. The van der Waals surface area contributed by atoms with E-state index < -0.39 is 0 Å². The van der Waals surface area contributed by atoms with Crippen molar-refractivity contribution < 1.29 is 4.74 Å². The Hall–Kier alpha value is -1.81. The first kappa shape index (κ1) is 21.1. The van der Waals surface area contributed by atoms with Crippen LogP contribution in [0.15, 0.2) is 42.5 Å². The van der Waals surface area contributed by atoms with E-state index in [0.29, 0.717) is 12.0 Å². The minimum Gasteiger partial charge on any atom is -0.365 e. The monoisotopic (exact) mass is 436 g/mol. The van der Waals surface area contributed by atoms with E-state index in [2.05, 4.69) is 68.2 Å². The first-order chi connectivity index (χ1) is 14.9. The van der Waals surface area contributed by atoms with Gasteiger partial charge in [0.15, 0.2) is 0 Å². The molecule has 5 rings (SSSR count). The third kappa shape index (κ3) is 3.71. The summed E-state index contributed by atoms with van der Waals surface area (Å²) in [5.41, 5.74) is 6.59. The summed E-state index contributed by atoms with van der Waals surface area (Å²) >= 11 is 6.15. The topological polar surface area (TPSA) is 28.3 Å². The highest BCUT2D eigenvalue weighted by Crippen LogP contribution is 2.51. The van der Waals surface area contributed by atoms with Crippen molar-refractivity contribution in [2.24, 2.45) is 5.92 Å². The fourth-order valence-electron chi connectivity index (χ4n) is 6.18. The van der Waals surface area contributed by atoms with Gasteiger partial charge in [-0.15, -0.1) is 0 Å². The average molecular weight is 437 g/mol. The Morgan fingerprint density at radius 1 is 1.10 bits per heavy atom. The zero-order chi connectivity index (χ0) is 21.8. The Balaban J connectivity index is 1.45. The van der Waals surface area contributed by atoms with Gasteiger partial charge < -0.3 is 14.6 Å². The van der Waals surface area contributed by atoms with Crippen molar-refractivity contribution in [3.63, 3.8) is 0 Å². The van der Waals surface area contributed by atoms with Crippen LogP contribution >= 0.6 is 11.6 Å². The Bertz CT molecular complexity index is 1080. The molecule has 2 atom stereocenters. The smallest absolute Gasteiger partial charge is 0.108 e. The number of fused-ring (bicyclic) bond motifs is 4. The van der Waals surface area contributed by atoms with Crippen LogP contribution in [-0.2, 0) is 16.8 Å². The molecule has 1 spiro atoms. The van der Waals surface area contributed by atoms with E-state index in [1.165, 1.54) is 33.3 Å². The van der Waals surface area contributed by atoms with Crippen molar-refractivity contribution in [1.82, 2.24) is 9.88 Å². The molecule has 2 aromatic carbocycles. The number of hydrogen-bond acceptors (Lipinski definition) is 2. The Kier molecular flexibility index (Phi) is 5.40. The molecule has 0 amide bonds. The van der Waals surface area contributed by atoms with Crippen LogP contribution in [0, 0.1) is 12.8 Å². The minimum atomic E-state index is -0.173. The second kappa shape index (κ2) is 7.95. The fraction of sp³-hybridized carbons (Fsp3) is 0.481. The Labute approximate surface area is 190 Å². The lowest BCUT2D eigenvalue weighted by Gasteiger charge is -2.47. The van der Waals surface area contributed by atoms with Gasteiger partial charge in [-0.3, -0.25) is 0 Å². The minimum absolute atomic E-state index is 0.173. The number of ether oxygens (including phenoxy) is 1. The quantitative estimate of drug-likeness (QED) is 0.490. The Morgan fingerprint density at radius 2 is 1.81 bits per heavy atom. The van der Waals surface area contributed by atoms with E-state index in [0.717, 1.165) is 37.1 Å². The van der Waals surface area contributed by atoms with Crippen LogP contribution < -0.4 is 0 Å². The van der Waals surface area contributed by atoms with Crippen LogP contribution in [0.25, 0.3) is 10.9 Å². The molecule has 0 radical (unpaired) electrons. The van der Waals surface area contributed by atoms with Gasteiger partial charge in [-0.2, -0.15) is 0 Å². The summed E-state index contributed by atoms with van der Waals surface area (Å²) in [7, 11) is 4.39. The number of aromatic nitrogens is 1. The van der Waals surface area contributed by atoms with Gasteiger partial charge >= 0.3 is 0 Å². The molecule has 1 N–H and O–H groups in total.